The van der Waals surface area contributed by atoms with Gasteiger partial charge in [0.1, 0.15) is 35.6 Å². The molecule has 3 aliphatic rings. The number of likely N-dealkylation sites (N-methyl/N-ethyl adjacent to an activating group) is 1. The van der Waals surface area contributed by atoms with Gasteiger partial charge < -0.3 is 34.4 Å². The highest BCUT2D eigenvalue weighted by molar-refractivity contribution is 6.30. The number of ether oxygens (including phenoxy) is 2. The van der Waals surface area contributed by atoms with Crippen molar-refractivity contribution in [1.29, 1.82) is 0 Å². The zero-order valence-corrected chi connectivity index (χ0v) is 22.3. The molecule has 2 fully saturated rings. The van der Waals surface area contributed by atoms with E-state index in [1.54, 1.807) is 6.07 Å². The number of benzene rings is 2. The maximum Gasteiger partial charge on any atom is 0.257 e. The number of aliphatic hydroxyl groups is 1. The molecule has 0 bridgehead atoms. The Bertz CT molecular complexity index is 1130. The molecule has 2 atom stereocenters. The molecule has 3 heterocycles. The first-order valence-electron chi connectivity index (χ1n) is 13.0. The van der Waals surface area contributed by atoms with Crippen LogP contribution in [0.5, 0.6) is 17.2 Å². The van der Waals surface area contributed by atoms with Crippen molar-refractivity contribution in [3.05, 3.63) is 52.5 Å². The topological polar surface area (TPSA) is 85.7 Å². The van der Waals surface area contributed by atoms with Crippen LogP contribution in [-0.2, 0) is 6.42 Å². The lowest BCUT2D eigenvalue weighted by atomic mass is 9.87. The van der Waals surface area contributed by atoms with Gasteiger partial charge in [0.05, 0.1) is 5.56 Å². The molecule has 0 aliphatic carbocycles. The van der Waals surface area contributed by atoms with Crippen molar-refractivity contribution >= 4 is 17.5 Å². The Kier molecular flexibility index (Phi) is 7.54. The Morgan fingerprint density at radius 3 is 2.73 bits per heavy atom. The van der Waals surface area contributed by atoms with Gasteiger partial charge in [-0.2, -0.15) is 0 Å². The third kappa shape index (κ3) is 5.82. The molecule has 2 aromatic rings. The second-order valence-corrected chi connectivity index (χ2v) is 11.3. The van der Waals surface area contributed by atoms with E-state index in [2.05, 4.69) is 9.80 Å². The minimum atomic E-state index is -0.732. The maximum atomic E-state index is 13.2. The number of phenolic OH excluding ortho intramolecular Hbond substituents is 1. The van der Waals surface area contributed by atoms with Crippen LogP contribution in [0.2, 0.25) is 5.02 Å². The number of rotatable bonds is 7. The molecule has 1 amide bonds. The zero-order valence-electron chi connectivity index (χ0n) is 21.5. The highest BCUT2D eigenvalue weighted by atomic mass is 35.5. The summed E-state index contributed by atoms with van der Waals surface area (Å²) >= 11 is 6.15. The normalized spacial score (nSPS) is 21.8. The molecule has 37 heavy (non-hydrogen) atoms. The number of halogens is 1. The second-order valence-electron chi connectivity index (χ2n) is 10.8. The number of fused-ring (bicyclic) bond motifs is 1. The zero-order chi connectivity index (χ0) is 26.2. The van der Waals surface area contributed by atoms with Crippen LogP contribution in [0.15, 0.2) is 36.4 Å². The van der Waals surface area contributed by atoms with E-state index in [0.717, 1.165) is 55.1 Å². The summed E-state index contributed by atoms with van der Waals surface area (Å²) in [6.07, 6.45) is 2.81. The van der Waals surface area contributed by atoms with Crippen LogP contribution in [0.3, 0.4) is 0 Å². The predicted octanol–water partition coefficient (Wildman–Crippen LogP) is 3.03. The molecule has 3 aliphatic heterocycles. The van der Waals surface area contributed by atoms with E-state index in [0.29, 0.717) is 37.0 Å². The second kappa shape index (κ2) is 10.7. The van der Waals surface area contributed by atoms with Crippen LogP contribution in [0.25, 0.3) is 0 Å². The molecule has 2 aromatic carbocycles. The van der Waals surface area contributed by atoms with E-state index >= 15 is 0 Å². The average molecular weight is 530 g/mol. The number of likely N-dealkylation sites (tertiary alicyclic amines) is 2. The number of nitrogens with zero attached hydrogens (tertiary/aromatic N) is 3. The van der Waals surface area contributed by atoms with Crippen LogP contribution in [-0.4, -0.2) is 102 Å². The minimum Gasteiger partial charge on any atom is -0.508 e. The fourth-order valence-electron chi connectivity index (χ4n) is 5.69. The molecule has 8 nitrogen and oxygen atoms in total. The lowest BCUT2D eigenvalue weighted by molar-refractivity contribution is -0.00202. The van der Waals surface area contributed by atoms with Crippen LogP contribution in [0.1, 0.15) is 35.2 Å². The van der Waals surface area contributed by atoms with Crippen LogP contribution in [0, 0.1) is 0 Å². The first-order valence-corrected chi connectivity index (χ1v) is 13.4. The maximum absolute atomic E-state index is 13.2. The summed E-state index contributed by atoms with van der Waals surface area (Å²) < 4.78 is 12.2. The molecular weight excluding hydrogens is 494 g/mol. The van der Waals surface area contributed by atoms with E-state index in [1.165, 1.54) is 12.1 Å². The Balaban J connectivity index is 1.13. The first kappa shape index (κ1) is 26.1. The van der Waals surface area contributed by atoms with Crippen molar-refractivity contribution < 1.29 is 24.5 Å². The van der Waals surface area contributed by atoms with Crippen LogP contribution in [0.4, 0.5) is 0 Å². The van der Waals surface area contributed by atoms with E-state index in [4.69, 9.17) is 21.1 Å². The number of aliphatic hydroxyl groups excluding tert-OH is 1. The predicted molar refractivity (Wildman–Crippen MR) is 142 cm³/mol. The highest BCUT2D eigenvalue weighted by Crippen LogP contribution is 2.42. The molecule has 0 saturated carbocycles. The lowest BCUT2D eigenvalue weighted by Gasteiger charge is -2.39. The highest BCUT2D eigenvalue weighted by Gasteiger charge is 2.42. The van der Waals surface area contributed by atoms with Gasteiger partial charge in [-0.05, 0) is 56.4 Å². The van der Waals surface area contributed by atoms with Gasteiger partial charge in [0.15, 0.2) is 0 Å². The van der Waals surface area contributed by atoms with Crippen molar-refractivity contribution in [2.24, 2.45) is 0 Å². The van der Waals surface area contributed by atoms with Gasteiger partial charge in [-0.25, -0.2) is 0 Å². The largest absolute Gasteiger partial charge is 0.508 e. The van der Waals surface area contributed by atoms with Crippen molar-refractivity contribution in [2.75, 3.05) is 53.4 Å². The fraction of sp³-hybridized carbons (Fsp3) is 0.536. The van der Waals surface area contributed by atoms with Crippen molar-refractivity contribution in [3.8, 4) is 17.2 Å². The number of carbonyl (C=O) groups is 1. The van der Waals surface area contributed by atoms with E-state index < -0.39 is 6.10 Å². The Morgan fingerprint density at radius 1 is 1.22 bits per heavy atom. The monoisotopic (exact) mass is 529 g/mol. The molecule has 1 spiro atoms. The molecular formula is C28H36ClN3O5. The first-order chi connectivity index (χ1) is 17.7. The number of piperidine rings is 1. The number of carbonyl (C=O) groups excluding carboxylic acids is 1. The molecule has 200 valence electrons. The summed E-state index contributed by atoms with van der Waals surface area (Å²) in [5, 5.41) is 21.5. The molecule has 2 N–H and O–H groups in total. The van der Waals surface area contributed by atoms with Gasteiger partial charge in [-0.1, -0.05) is 11.6 Å². The SMILES string of the molecule is CN(C)[C@H]1CCN(C(=O)c2ccc(O)cc2OC[C@@H](O)CN2CCC3(CC2)Cc2cc(Cl)ccc2O3)C1. The summed E-state index contributed by atoms with van der Waals surface area (Å²) in [5.74, 6) is 1.13. The summed E-state index contributed by atoms with van der Waals surface area (Å²) in [4.78, 5) is 19.4. The van der Waals surface area contributed by atoms with E-state index in [-0.39, 0.29) is 23.9 Å². The third-order valence-corrected chi connectivity index (χ3v) is 8.14. The van der Waals surface area contributed by atoms with Crippen LogP contribution < -0.4 is 9.47 Å². The van der Waals surface area contributed by atoms with Gasteiger partial charge in [-0.3, -0.25) is 4.79 Å². The van der Waals surface area contributed by atoms with E-state index in [1.807, 2.05) is 37.2 Å². The number of hydrogen-bond acceptors (Lipinski definition) is 7. The van der Waals surface area contributed by atoms with Gasteiger partial charge in [0.2, 0.25) is 0 Å². The number of amides is 1. The smallest absolute Gasteiger partial charge is 0.257 e. The summed E-state index contributed by atoms with van der Waals surface area (Å²) in [6.45, 7) is 3.48. The molecule has 5 rings (SSSR count). The van der Waals surface area contributed by atoms with Crippen LogP contribution >= 0.6 is 11.6 Å². The van der Waals surface area contributed by atoms with Gasteiger partial charge in [-0.15, -0.1) is 0 Å². The molecule has 2 saturated heterocycles. The van der Waals surface area contributed by atoms with Gasteiger partial charge in [0, 0.05) is 69.1 Å². The summed E-state index contributed by atoms with van der Waals surface area (Å²) in [7, 11) is 4.04. The molecule has 0 aromatic heterocycles. The van der Waals surface area contributed by atoms with Crippen molar-refractivity contribution in [1.82, 2.24) is 14.7 Å². The van der Waals surface area contributed by atoms with Crippen molar-refractivity contribution in [2.45, 2.75) is 43.4 Å². The standard InChI is InChI=1S/C28H36ClN3O5/c1-30(2)21-7-10-32(16-21)27(35)24-5-4-22(33)14-26(24)36-18-23(34)17-31-11-8-28(9-12-31)15-19-13-20(29)3-6-25(19)37-28/h3-6,13-14,21,23,33-34H,7-12,15-18H2,1-2H3/t21-,23-/m0/s1. The molecule has 0 radical (unpaired) electrons. The summed E-state index contributed by atoms with van der Waals surface area (Å²) in [6, 6.07) is 10.7. The third-order valence-electron chi connectivity index (χ3n) is 7.91. The Morgan fingerprint density at radius 2 is 2.00 bits per heavy atom. The average Bonchev–Trinajstić information content (AvgIpc) is 3.49. The van der Waals surface area contributed by atoms with Gasteiger partial charge in [0.25, 0.3) is 5.91 Å². The Hall–Kier alpha value is -2.52. The van der Waals surface area contributed by atoms with Gasteiger partial charge >= 0.3 is 0 Å². The minimum absolute atomic E-state index is 0.0220. The fourth-order valence-corrected chi connectivity index (χ4v) is 5.88. The van der Waals surface area contributed by atoms with E-state index in [9.17, 15) is 15.0 Å². The molecule has 0 unspecified atom stereocenters. The number of phenols is 1. The number of hydrogen-bond donors (Lipinski definition) is 2. The summed E-state index contributed by atoms with van der Waals surface area (Å²) in [5.41, 5.74) is 1.38. The molecule has 9 heteroatoms. The Labute approximate surface area is 223 Å². The number of aromatic hydroxyl groups is 1. The van der Waals surface area contributed by atoms with Crippen molar-refractivity contribution in [3.63, 3.8) is 0 Å². The quantitative estimate of drug-likeness (QED) is 0.570. The lowest BCUT2D eigenvalue weighted by Crippen LogP contribution is -2.49. The number of β-amino-alcohol motifs (C(OH)–C–C–N with tert-alkyl or cyclic N) is 1.